The first-order chi connectivity index (χ1) is 11.1. The highest BCUT2D eigenvalue weighted by molar-refractivity contribution is 7.85. The second kappa shape index (κ2) is 9.52. The van der Waals surface area contributed by atoms with Gasteiger partial charge < -0.3 is 0 Å². The Kier molecular flexibility index (Phi) is 8.37. The van der Waals surface area contributed by atoms with Gasteiger partial charge in [-0.05, 0) is 42.4 Å². The number of benzene rings is 1. The molecule has 0 aliphatic carbocycles. The van der Waals surface area contributed by atoms with E-state index in [1.165, 1.54) is 44.6 Å². The minimum atomic E-state index is -4.47. The SMILES string of the molecule is CC(C)(C)CCCCCCCCCc1ccc(S(=O)(=O)O)c(F)c1. The van der Waals surface area contributed by atoms with Crippen LogP contribution in [0.5, 0.6) is 0 Å². The van der Waals surface area contributed by atoms with Gasteiger partial charge in [-0.1, -0.05) is 65.4 Å². The van der Waals surface area contributed by atoms with Crippen LogP contribution in [0.15, 0.2) is 23.1 Å². The summed E-state index contributed by atoms with van der Waals surface area (Å²) < 4.78 is 44.4. The summed E-state index contributed by atoms with van der Waals surface area (Å²) >= 11 is 0. The molecule has 0 radical (unpaired) electrons. The molecule has 3 nitrogen and oxygen atoms in total. The summed E-state index contributed by atoms with van der Waals surface area (Å²) in [6, 6.07) is 3.91. The van der Waals surface area contributed by atoms with E-state index in [1.54, 1.807) is 6.07 Å². The van der Waals surface area contributed by atoms with Crippen LogP contribution < -0.4 is 0 Å². The zero-order valence-electron chi connectivity index (χ0n) is 15.1. The van der Waals surface area contributed by atoms with Gasteiger partial charge in [-0.2, -0.15) is 8.42 Å². The third-order valence-corrected chi connectivity index (χ3v) is 5.05. The molecule has 0 spiro atoms. The second-order valence-corrected chi connectivity index (χ2v) is 9.17. The number of aryl methyl sites for hydroxylation is 1. The van der Waals surface area contributed by atoms with E-state index in [2.05, 4.69) is 20.8 Å². The molecule has 0 bridgehead atoms. The molecule has 0 aromatic heterocycles. The van der Waals surface area contributed by atoms with Crippen LogP contribution in [0.1, 0.15) is 77.7 Å². The third kappa shape index (κ3) is 8.78. The van der Waals surface area contributed by atoms with Crippen LogP contribution in [0, 0.1) is 11.2 Å². The van der Waals surface area contributed by atoms with E-state index < -0.39 is 20.8 Å². The van der Waals surface area contributed by atoms with E-state index in [9.17, 15) is 12.8 Å². The topological polar surface area (TPSA) is 54.4 Å². The molecule has 0 fully saturated rings. The number of hydrogen-bond donors (Lipinski definition) is 1. The van der Waals surface area contributed by atoms with Crippen molar-refractivity contribution in [2.75, 3.05) is 0 Å². The van der Waals surface area contributed by atoms with Crippen molar-refractivity contribution < 1.29 is 17.4 Å². The molecule has 0 saturated carbocycles. The Hall–Kier alpha value is -0.940. The van der Waals surface area contributed by atoms with E-state index in [0.717, 1.165) is 30.9 Å². The molecule has 1 aromatic carbocycles. The number of hydrogen-bond acceptors (Lipinski definition) is 2. The molecule has 24 heavy (non-hydrogen) atoms. The molecule has 1 rings (SSSR count). The molecule has 0 saturated heterocycles. The zero-order chi connectivity index (χ0) is 18.2. The highest BCUT2D eigenvalue weighted by atomic mass is 32.2. The monoisotopic (exact) mass is 358 g/mol. The summed E-state index contributed by atoms with van der Waals surface area (Å²) in [5.41, 5.74) is 1.20. The quantitative estimate of drug-likeness (QED) is 0.426. The average molecular weight is 359 g/mol. The standard InChI is InChI=1S/C19H31FO3S/c1-19(2,3)14-10-8-6-4-5-7-9-11-16-12-13-18(17(20)15-16)24(21,22)23/h12-13,15H,4-11,14H2,1-3H3,(H,21,22,23). The van der Waals surface area contributed by atoms with E-state index in [-0.39, 0.29) is 0 Å². The van der Waals surface area contributed by atoms with Crippen LogP contribution in [0.3, 0.4) is 0 Å². The van der Waals surface area contributed by atoms with Crippen molar-refractivity contribution in [1.29, 1.82) is 0 Å². The highest BCUT2D eigenvalue weighted by Crippen LogP contribution is 2.23. The van der Waals surface area contributed by atoms with E-state index in [1.807, 2.05) is 0 Å². The van der Waals surface area contributed by atoms with Gasteiger partial charge in [-0.3, -0.25) is 4.55 Å². The fourth-order valence-corrected chi connectivity index (χ4v) is 3.32. The van der Waals surface area contributed by atoms with Crippen LogP contribution in [0.4, 0.5) is 4.39 Å². The summed E-state index contributed by atoms with van der Waals surface area (Å²) in [4.78, 5) is -0.651. The highest BCUT2D eigenvalue weighted by Gasteiger charge is 2.15. The molecule has 0 amide bonds. The average Bonchev–Trinajstić information content (AvgIpc) is 2.43. The molecule has 0 aliphatic heterocycles. The number of unbranched alkanes of at least 4 members (excludes halogenated alkanes) is 6. The second-order valence-electron chi connectivity index (χ2n) is 7.78. The van der Waals surface area contributed by atoms with Crippen molar-refractivity contribution in [3.63, 3.8) is 0 Å². The Bertz CT molecular complexity index is 604. The van der Waals surface area contributed by atoms with Crippen LogP contribution in [-0.4, -0.2) is 13.0 Å². The lowest BCUT2D eigenvalue weighted by molar-refractivity contribution is 0.356. The third-order valence-electron chi connectivity index (χ3n) is 4.17. The summed E-state index contributed by atoms with van der Waals surface area (Å²) in [5.74, 6) is -0.881. The van der Waals surface area contributed by atoms with Crippen molar-refractivity contribution in [2.45, 2.75) is 83.5 Å². The molecule has 0 aliphatic rings. The van der Waals surface area contributed by atoms with Gasteiger partial charge in [0.1, 0.15) is 10.7 Å². The maximum Gasteiger partial charge on any atom is 0.297 e. The lowest BCUT2D eigenvalue weighted by Gasteiger charge is -2.17. The molecule has 0 unspecified atom stereocenters. The lowest BCUT2D eigenvalue weighted by atomic mass is 9.89. The number of halogens is 1. The van der Waals surface area contributed by atoms with Gasteiger partial charge in [0.15, 0.2) is 0 Å². The number of rotatable bonds is 10. The first-order valence-corrected chi connectivity index (χ1v) is 10.3. The summed E-state index contributed by atoms with van der Waals surface area (Å²) in [6.45, 7) is 6.83. The van der Waals surface area contributed by atoms with Gasteiger partial charge in [0, 0.05) is 0 Å². The molecule has 0 atom stereocenters. The van der Waals surface area contributed by atoms with Crippen molar-refractivity contribution >= 4 is 10.1 Å². The predicted molar refractivity (Wildman–Crippen MR) is 96.3 cm³/mol. The summed E-state index contributed by atoms with van der Waals surface area (Å²) in [5, 5.41) is 0. The molecule has 1 N–H and O–H groups in total. The maximum absolute atomic E-state index is 13.6. The zero-order valence-corrected chi connectivity index (χ0v) is 16.0. The molecule has 0 heterocycles. The Morgan fingerprint density at radius 3 is 2.00 bits per heavy atom. The van der Waals surface area contributed by atoms with Gasteiger partial charge in [-0.25, -0.2) is 4.39 Å². The minimum absolute atomic E-state index is 0.431. The molecular formula is C19H31FO3S. The molecule has 5 heteroatoms. The largest absolute Gasteiger partial charge is 0.297 e. The Labute approximate surface area is 146 Å². The molecule has 1 aromatic rings. The van der Waals surface area contributed by atoms with Crippen molar-refractivity contribution in [3.05, 3.63) is 29.6 Å². The normalized spacial score (nSPS) is 12.5. The van der Waals surface area contributed by atoms with E-state index >= 15 is 0 Å². The van der Waals surface area contributed by atoms with Crippen LogP contribution >= 0.6 is 0 Å². The van der Waals surface area contributed by atoms with Crippen molar-refractivity contribution in [2.24, 2.45) is 5.41 Å². The van der Waals surface area contributed by atoms with Crippen LogP contribution in [0.25, 0.3) is 0 Å². The van der Waals surface area contributed by atoms with Crippen molar-refractivity contribution in [1.82, 2.24) is 0 Å². The Balaban J connectivity index is 2.17. The predicted octanol–water partition coefficient (Wildman–Crippen LogP) is 5.78. The van der Waals surface area contributed by atoms with Gasteiger partial charge in [-0.15, -0.1) is 0 Å². The molecular weight excluding hydrogens is 327 g/mol. The van der Waals surface area contributed by atoms with Crippen LogP contribution in [0.2, 0.25) is 0 Å². The fraction of sp³-hybridized carbons (Fsp3) is 0.684. The van der Waals surface area contributed by atoms with E-state index in [0.29, 0.717) is 5.41 Å². The maximum atomic E-state index is 13.6. The molecule has 138 valence electrons. The van der Waals surface area contributed by atoms with Gasteiger partial charge in [0.25, 0.3) is 10.1 Å². The van der Waals surface area contributed by atoms with Gasteiger partial charge in [0.2, 0.25) is 0 Å². The lowest BCUT2D eigenvalue weighted by Crippen LogP contribution is -2.03. The van der Waals surface area contributed by atoms with Gasteiger partial charge in [0.05, 0.1) is 0 Å². The minimum Gasteiger partial charge on any atom is -0.282 e. The summed E-state index contributed by atoms with van der Waals surface area (Å²) in [6.07, 6.45) is 10.3. The first kappa shape index (κ1) is 21.1. The smallest absolute Gasteiger partial charge is 0.282 e. The van der Waals surface area contributed by atoms with E-state index in [4.69, 9.17) is 4.55 Å². The van der Waals surface area contributed by atoms with Crippen LogP contribution in [-0.2, 0) is 16.5 Å². The fourth-order valence-electron chi connectivity index (χ4n) is 2.78. The Morgan fingerprint density at radius 1 is 0.958 bits per heavy atom. The van der Waals surface area contributed by atoms with Crippen molar-refractivity contribution in [3.8, 4) is 0 Å². The summed E-state index contributed by atoms with van der Waals surface area (Å²) in [7, 11) is -4.47. The Morgan fingerprint density at radius 2 is 1.50 bits per heavy atom. The van der Waals surface area contributed by atoms with Gasteiger partial charge >= 0.3 is 0 Å². The first-order valence-electron chi connectivity index (χ1n) is 8.85.